The summed E-state index contributed by atoms with van der Waals surface area (Å²) in [5.41, 5.74) is 1.17. The number of hydrogen-bond acceptors (Lipinski definition) is 1. The van der Waals surface area contributed by atoms with E-state index in [1.807, 2.05) is 13.0 Å². The summed E-state index contributed by atoms with van der Waals surface area (Å²) in [7, 11) is 0. The quantitative estimate of drug-likeness (QED) is 0.598. The molecule has 1 nitrogen and oxygen atoms in total. The molecule has 0 fully saturated rings. The molecule has 1 N–H and O–H groups in total. The summed E-state index contributed by atoms with van der Waals surface area (Å²) >= 11 is 0. The molecule has 0 spiro atoms. The van der Waals surface area contributed by atoms with E-state index >= 15 is 0 Å². The van der Waals surface area contributed by atoms with Crippen molar-refractivity contribution in [2.75, 3.05) is 0 Å². The van der Waals surface area contributed by atoms with E-state index in [1.165, 1.54) is 5.57 Å². The van der Waals surface area contributed by atoms with Crippen molar-refractivity contribution in [1.29, 1.82) is 0 Å². The SMILES string of the molecule is CC=C(CC)C(O)CCC. The van der Waals surface area contributed by atoms with Gasteiger partial charge < -0.3 is 5.11 Å². The molecule has 0 radical (unpaired) electrons. The number of rotatable bonds is 4. The monoisotopic (exact) mass is 142 g/mol. The van der Waals surface area contributed by atoms with E-state index in [1.54, 1.807) is 0 Å². The highest BCUT2D eigenvalue weighted by Crippen LogP contribution is 2.11. The lowest BCUT2D eigenvalue weighted by Crippen LogP contribution is -2.08. The lowest BCUT2D eigenvalue weighted by atomic mass is 10.0. The fourth-order valence-electron chi connectivity index (χ4n) is 1.09. The van der Waals surface area contributed by atoms with Crippen molar-refractivity contribution in [2.45, 2.75) is 46.1 Å². The van der Waals surface area contributed by atoms with Crippen LogP contribution in [0.1, 0.15) is 40.0 Å². The molecular weight excluding hydrogens is 124 g/mol. The topological polar surface area (TPSA) is 20.2 Å². The fraction of sp³-hybridized carbons (Fsp3) is 0.778. The summed E-state index contributed by atoms with van der Waals surface area (Å²) in [4.78, 5) is 0. The molecular formula is C9H18O. The molecule has 60 valence electrons. The van der Waals surface area contributed by atoms with Crippen molar-refractivity contribution in [2.24, 2.45) is 0 Å². The molecule has 0 saturated heterocycles. The first-order chi connectivity index (χ1) is 4.76. The van der Waals surface area contributed by atoms with Gasteiger partial charge in [-0.2, -0.15) is 0 Å². The summed E-state index contributed by atoms with van der Waals surface area (Å²) in [5.74, 6) is 0. The zero-order chi connectivity index (χ0) is 7.98. The summed E-state index contributed by atoms with van der Waals surface area (Å²) < 4.78 is 0. The Bertz CT molecular complexity index is 105. The third-order valence-electron chi connectivity index (χ3n) is 1.77. The van der Waals surface area contributed by atoms with E-state index in [0.717, 1.165) is 19.3 Å². The fourth-order valence-corrected chi connectivity index (χ4v) is 1.09. The van der Waals surface area contributed by atoms with Crippen molar-refractivity contribution in [3.8, 4) is 0 Å². The van der Waals surface area contributed by atoms with Crippen LogP contribution in [0.25, 0.3) is 0 Å². The van der Waals surface area contributed by atoms with E-state index in [-0.39, 0.29) is 6.10 Å². The maximum atomic E-state index is 9.44. The average molecular weight is 142 g/mol. The second-order valence-corrected chi connectivity index (χ2v) is 2.52. The second-order valence-electron chi connectivity index (χ2n) is 2.52. The normalized spacial score (nSPS) is 15.4. The Morgan fingerprint density at radius 2 is 2.10 bits per heavy atom. The van der Waals surface area contributed by atoms with Crippen LogP contribution in [-0.4, -0.2) is 11.2 Å². The van der Waals surface area contributed by atoms with Gasteiger partial charge in [-0.05, 0) is 25.3 Å². The lowest BCUT2D eigenvalue weighted by Gasteiger charge is -2.11. The van der Waals surface area contributed by atoms with E-state index in [4.69, 9.17) is 0 Å². The molecule has 0 heterocycles. The molecule has 0 aromatic carbocycles. The van der Waals surface area contributed by atoms with Gasteiger partial charge in [0.25, 0.3) is 0 Å². The molecule has 0 rings (SSSR count). The van der Waals surface area contributed by atoms with Gasteiger partial charge in [0.15, 0.2) is 0 Å². The van der Waals surface area contributed by atoms with Gasteiger partial charge in [-0.1, -0.05) is 26.3 Å². The third kappa shape index (κ3) is 3.02. The predicted octanol–water partition coefficient (Wildman–Crippen LogP) is 2.50. The summed E-state index contributed by atoms with van der Waals surface area (Å²) in [5, 5.41) is 9.44. The van der Waals surface area contributed by atoms with Crippen molar-refractivity contribution in [3.63, 3.8) is 0 Å². The maximum Gasteiger partial charge on any atom is 0.0749 e. The Hall–Kier alpha value is -0.300. The van der Waals surface area contributed by atoms with Gasteiger partial charge in [-0.25, -0.2) is 0 Å². The van der Waals surface area contributed by atoms with Crippen LogP contribution in [0.2, 0.25) is 0 Å². The second kappa shape index (κ2) is 5.48. The van der Waals surface area contributed by atoms with Crippen LogP contribution in [-0.2, 0) is 0 Å². The minimum atomic E-state index is -0.194. The smallest absolute Gasteiger partial charge is 0.0749 e. The molecule has 1 heteroatoms. The Labute approximate surface area is 63.8 Å². The van der Waals surface area contributed by atoms with Crippen molar-refractivity contribution in [1.82, 2.24) is 0 Å². The summed E-state index contributed by atoms with van der Waals surface area (Å²) in [6.45, 7) is 6.15. The highest BCUT2D eigenvalue weighted by Gasteiger charge is 2.05. The standard InChI is InChI=1S/C9H18O/c1-4-7-9(10)8(5-2)6-3/h5,9-10H,4,6-7H2,1-3H3. The van der Waals surface area contributed by atoms with E-state index in [9.17, 15) is 5.11 Å². The van der Waals surface area contributed by atoms with Crippen LogP contribution in [0.5, 0.6) is 0 Å². The van der Waals surface area contributed by atoms with Crippen LogP contribution in [0, 0.1) is 0 Å². The van der Waals surface area contributed by atoms with Gasteiger partial charge in [-0.3, -0.25) is 0 Å². The molecule has 0 saturated carbocycles. The molecule has 0 aliphatic heterocycles. The maximum absolute atomic E-state index is 9.44. The van der Waals surface area contributed by atoms with E-state index in [0.29, 0.717) is 0 Å². The number of aliphatic hydroxyl groups is 1. The zero-order valence-corrected chi connectivity index (χ0v) is 7.22. The van der Waals surface area contributed by atoms with Gasteiger partial charge in [0, 0.05) is 0 Å². The number of aliphatic hydroxyl groups excluding tert-OH is 1. The van der Waals surface area contributed by atoms with Crippen LogP contribution in [0.15, 0.2) is 11.6 Å². The Kier molecular flexibility index (Phi) is 5.32. The lowest BCUT2D eigenvalue weighted by molar-refractivity contribution is 0.196. The molecule has 0 bridgehead atoms. The van der Waals surface area contributed by atoms with Gasteiger partial charge >= 0.3 is 0 Å². The molecule has 1 unspecified atom stereocenters. The number of allylic oxidation sites excluding steroid dienone is 1. The first kappa shape index (κ1) is 9.70. The summed E-state index contributed by atoms with van der Waals surface area (Å²) in [6.07, 6.45) is 4.74. The molecule has 0 aliphatic rings. The minimum absolute atomic E-state index is 0.194. The van der Waals surface area contributed by atoms with Gasteiger partial charge in [0.05, 0.1) is 6.10 Å². The molecule has 1 atom stereocenters. The average Bonchev–Trinajstić information content (AvgIpc) is 1.91. The molecule has 0 aromatic heterocycles. The summed E-state index contributed by atoms with van der Waals surface area (Å²) in [6, 6.07) is 0. The zero-order valence-electron chi connectivity index (χ0n) is 7.22. The van der Waals surface area contributed by atoms with Crippen molar-refractivity contribution in [3.05, 3.63) is 11.6 Å². The van der Waals surface area contributed by atoms with Crippen LogP contribution < -0.4 is 0 Å². The van der Waals surface area contributed by atoms with Gasteiger partial charge in [-0.15, -0.1) is 0 Å². The van der Waals surface area contributed by atoms with Crippen LogP contribution in [0.4, 0.5) is 0 Å². The minimum Gasteiger partial charge on any atom is -0.389 e. The predicted molar refractivity (Wildman–Crippen MR) is 45.0 cm³/mol. The third-order valence-corrected chi connectivity index (χ3v) is 1.77. The first-order valence-electron chi connectivity index (χ1n) is 4.09. The Morgan fingerprint density at radius 1 is 1.50 bits per heavy atom. The number of hydrogen-bond donors (Lipinski definition) is 1. The molecule has 10 heavy (non-hydrogen) atoms. The van der Waals surface area contributed by atoms with E-state index in [2.05, 4.69) is 13.8 Å². The van der Waals surface area contributed by atoms with Crippen molar-refractivity contribution < 1.29 is 5.11 Å². The van der Waals surface area contributed by atoms with Crippen molar-refractivity contribution >= 4 is 0 Å². The van der Waals surface area contributed by atoms with Crippen LogP contribution >= 0.6 is 0 Å². The van der Waals surface area contributed by atoms with Crippen LogP contribution in [0.3, 0.4) is 0 Å². The largest absolute Gasteiger partial charge is 0.389 e. The van der Waals surface area contributed by atoms with Gasteiger partial charge in [0.1, 0.15) is 0 Å². The molecule has 0 aromatic rings. The first-order valence-corrected chi connectivity index (χ1v) is 4.09. The Morgan fingerprint density at radius 3 is 2.40 bits per heavy atom. The highest BCUT2D eigenvalue weighted by atomic mass is 16.3. The highest BCUT2D eigenvalue weighted by molar-refractivity contribution is 5.05. The molecule has 0 aliphatic carbocycles. The van der Waals surface area contributed by atoms with Gasteiger partial charge in [0.2, 0.25) is 0 Å². The molecule has 0 amide bonds. The Balaban J connectivity index is 3.77. The van der Waals surface area contributed by atoms with E-state index < -0.39 is 0 Å².